The van der Waals surface area contributed by atoms with Gasteiger partial charge in [-0.3, -0.25) is 0 Å². The van der Waals surface area contributed by atoms with Crippen LogP contribution in [0.4, 0.5) is 5.69 Å². The molecule has 0 bridgehead atoms. The highest BCUT2D eigenvalue weighted by Gasteiger charge is 2.05. The lowest BCUT2D eigenvalue weighted by molar-refractivity contribution is 0.379. The lowest BCUT2D eigenvalue weighted by Crippen LogP contribution is -1.99. The molecule has 1 aromatic carbocycles. The maximum absolute atomic E-state index is 9.18. The van der Waals surface area contributed by atoms with Crippen molar-refractivity contribution in [2.75, 3.05) is 11.1 Å². The third-order valence-corrected chi connectivity index (χ3v) is 3.56. The molecule has 0 fully saturated rings. The molecule has 0 spiro atoms. The van der Waals surface area contributed by atoms with Gasteiger partial charge in [0.2, 0.25) is 5.89 Å². The van der Waals surface area contributed by atoms with Crippen LogP contribution in [0, 0.1) is 0 Å². The van der Waals surface area contributed by atoms with E-state index in [0.29, 0.717) is 12.4 Å². The Kier molecular flexibility index (Phi) is 5.09. The zero-order valence-corrected chi connectivity index (χ0v) is 11.6. The topological polar surface area (TPSA) is 71.2 Å². The van der Waals surface area contributed by atoms with Crippen LogP contribution in [0.5, 0.6) is 5.75 Å². The fraction of sp³-hybridized carbons (Fsp3) is 0.385. The summed E-state index contributed by atoms with van der Waals surface area (Å²) in [6, 6.07) is 6.85. The molecule has 0 amide bonds. The number of nitrogens with one attached hydrogen (secondary N) is 1. The zero-order chi connectivity index (χ0) is 13.5. The Bertz CT molecular complexity index is 499. The molecular formula is C13H17N3O2S. The second-order valence-corrected chi connectivity index (χ2v) is 5.16. The lowest BCUT2D eigenvalue weighted by atomic mass is 10.3. The molecular weight excluding hydrogens is 262 g/mol. The number of rotatable bonds is 7. The Morgan fingerprint density at radius 1 is 1.32 bits per heavy atom. The van der Waals surface area contributed by atoms with Crippen LogP contribution in [0.2, 0.25) is 0 Å². The second-order valence-electron chi connectivity index (χ2n) is 4.06. The highest BCUT2D eigenvalue weighted by atomic mass is 32.2. The number of nitrogens with zero attached hydrogens (tertiary/aromatic N) is 2. The molecule has 0 aliphatic rings. The van der Waals surface area contributed by atoms with Gasteiger partial charge in [-0.15, -0.1) is 0 Å². The van der Waals surface area contributed by atoms with Crippen molar-refractivity contribution in [1.82, 2.24) is 10.1 Å². The first-order valence-electron chi connectivity index (χ1n) is 6.20. The van der Waals surface area contributed by atoms with E-state index in [-0.39, 0.29) is 5.75 Å². The highest BCUT2D eigenvalue weighted by molar-refractivity contribution is 7.98. The summed E-state index contributed by atoms with van der Waals surface area (Å²) in [5, 5.41) is 16.3. The summed E-state index contributed by atoms with van der Waals surface area (Å²) < 4.78 is 5.15. The molecule has 2 aromatic rings. The molecule has 0 atom stereocenters. The van der Waals surface area contributed by atoms with Gasteiger partial charge in [-0.1, -0.05) is 12.1 Å². The Labute approximate surface area is 116 Å². The predicted octanol–water partition coefficient (Wildman–Crippen LogP) is 3.03. The van der Waals surface area contributed by atoms with Crippen molar-refractivity contribution in [2.24, 2.45) is 0 Å². The van der Waals surface area contributed by atoms with Crippen molar-refractivity contribution in [1.29, 1.82) is 0 Å². The normalized spacial score (nSPS) is 10.6. The molecule has 0 saturated heterocycles. The van der Waals surface area contributed by atoms with Crippen LogP contribution in [0.1, 0.15) is 25.1 Å². The smallest absolute Gasteiger partial charge is 0.245 e. The molecule has 0 aliphatic carbocycles. The minimum absolute atomic E-state index is 0.249. The van der Waals surface area contributed by atoms with Crippen molar-refractivity contribution >= 4 is 17.4 Å². The van der Waals surface area contributed by atoms with E-state index in [0.717, 1.165) is 29.4 Å². The SMILES string of the molecule is CCCSCc1noc(CNc2ccc(O)cc2)n1. The third-order valence-electron chi connectivity index (χ3n) is 2.40. The molecule has 0 saturated carbocycles. The number of benzene rings is 1. The van der Waals surface area contributed by atoms with Gasteiger partial charge in [0.05, 0.1) is 12.3 Å². The Morgan fingerprint density at radius 2 is 2.11 bits per heavy atom. The van der Waals surface area contributed by atoms with Gasteiger partial charge in [0.15, 0.2) is 5.82 Å². The molecule has 0 unspecified atom stereocenters. The monoisotopic (exact) mass is 279 g/mol. The molecule has 0 radical (unpaired) electrons. The van der Waals surface area contributed by atoms with E-state index < -0.39 is 0 Å². The predicted molar refractivity (Wildman–Crippen MR) is 76.2 cm³/mol. The Hall–Kier alpha value is -1.69. The van der Waals surface area contributed by atoms with Gasteiger partial charge in [-0.05, 0) is 36.4 Å². The van der Waals surface area contributed by atoms with Crippen LogP contribution in [0.3, 0.4) is 0 Å². The van der Waals surface area contributed by atoms with Crippen molar-refractivity contribution in [3.8, 4) is 5.75 Å². The standard InChI is InChI=1S/C13H17N3O2S/c1-2-7-19-9-12-15-13(18-16-12)8-14-10-3-5-11(17)6-4-10/h3-6,14,17H,2,7-9H2,1H3. The maximum atomic E-state index is 9.18. The van der Waals surface area contributed by atoms with Crippen LogP contribution < -0.4 is 5.32 Å². The van der Waals surface area contributed by atoms with E-state index in [4.69, 9.17) is 4.52 Å². The van der Waals surface area contributed by atoms with E-state index in [1.807, 2.05) is 0 Å². The van der Waals surface area contributed by atoms with Crippen molar-refractivity contribution in [3.05, 3.63) is 36.0 Å². The minimum Gasteiger partial charge on any atom is -0.508 e. The molecule has 2 rings (SSSR count). The molecule has 5 nitrogen and oxygen atoms in total. The summed E-state index contributed by atoms with van der Waals surface area (Å²) in [5.41, 5.74) is 0.901. The van der Waals surface area contributed by atoms with Gasteiger partial charge in [0.1, 0.15) is 5.75 Å². The number of hydrogen-bond donors (Lipinski definition) is 2. The van der Waals surface area contributed by atoms with E-state index in [1.54, 1.807) is 36.0 Å². The van der Waals surface area contributed by atoms with Crippen LogP contribution in [-0.2, 0) is 12.3 Å². The number of hydrogen-bond acceptors (Lipinski definition) is 6. The molecule has 1 aromatic heterocycles. The molecule has 0 aliphatic heterocycles. The number of phenols is 1. The van der Waals surface area contributed by atoms with E-state index in [1.165, 1.54) is 0 Å². The van der Waals surface area contributed by atoms with Gasteiger partial charge in [-0.2, -0.15) is 16.7 Å². The molecule has 1 heterocycles. The number of anilines is 1. The first-order valence-corrected chi connectivity index (χ1v) is 7.35. The lowest BCUT2D eigenvalue weighted by Gasteiger charge is -2.02. The maximum Gasteiger partial charge on any atom is 0.245 e. The van der Waals surface area contributed by atoms with Gasteiger partial charge in [0, 0.05) is 5.69 Å². The number of phenolic OH excluding ortho intramolecular Hbond substituents is 1. The largest absolute Gasteiger partial charge is 0.508 e. The third kappa shape index (κ3) is 4.48. The van der Waals surface area contributed by atoms with Crippen LogP contribution in [-0.4, -0.2) is 21.0 Å². The first-order chi connectivity index (χ1) is 9.28. The highest BCUT2D eigenvalue weighted by Crippen LogP contribution is 2.15. The number of thioether (sulfide) groups is 1. The van der Waals surface area contributed by atoms with Crippen LogP contribution in [0.15, 0.2) is 28.8 Å². The van der Waals surface area contributed by atoms with Gasteiger partial charge >= 0.3 is 0 Å². The summed E-state index contributed by atoms with van der Waals surface area (Å²) in [6.45, 7) is 2.63. The zero-order valence-electron chi connectivity index (χ0n) is 10.8. The number of aromatic nitrogens is 2. The number of aromatic hydroxyl groups is 1. The van der Waals surface area contributed by atoms with Crippen molar-refractivity contribution in [3.63, 3.8) is 0 Å². The van der Waals surface area contributed by atoms with Gasteiger partial charge < -0.3 is 14.9 Å². The average Bonchev–Trinajstić information content (AvgIpc) is 2.86. The Balaban J connectivity index is 1.81. The molecule has 19 heavy (non-hydrogen) atoms. The summed E-state index contributed by atoms with van der Waals surface area (Å²) in [6.07, 6.45) is 1.15. The average molecular weight is 279 g/mol. The first kappa shape index (κ1) is 13.7. The summed E-state index contributed by atoms with van der Waals surface area (Å²) in [7, 11) is 0. The van der Waals surface area contributed by atoms with Crippen LogP contribution >= 0.6 is 11.8 Å². The van der Waals surface area contributed by atoms with Crippen LogP contribution in [0.25, 0.3) is 0 Å². The second kappa shape index (κ2) is 7.04. The fourth-order valence-corrected chi connectivity index (χ4v) is 2.22. The Morgan fingerprint density at radius 3 is 2.84 bits per heavy atom. The van der Waals surface area contributed by atoms with Gasteiger partial charge in [0.25, 0.3) is 0 Å². The van der Waals surface area contributed by atoms with Crippen molar-refractivity contribution < 1.29 is 9.63 Å². The summed E-state index contributed by atoms with van der Waals surface area (Å²) >= 11 is 1.80. The summed E-state index contributed by atoms with van der Waals surface area (Å²) in [4.78, 5) is 4.30. The minimum atomic E-state index is 0.249. The molecule has 2 N–H and O–H groups in total. The van der Waals surface area contributed by atoms with E-state index in [2.05, 4.69) is 22.4 Å². The quantitative estimate of drug-likeness (QED) is 0.599. The molecule has 102 valence electrons. The fourth-order valence-electron chi connectivity index (χ4n) is 1.49. The summed E-state index contributed by atoms with van der Waals surface area (Å²) in [5.74, 6) is 3.45. The molecule has 6 heteroatoms. The van der Waals surface area contributed by atoms with E-state index >= 15 is 0 Å². The van der Waals surface area contributed by atoms with Gasteiger partial charge in [-0.25, -0.2) is 0 Å². The van der Waals surface area contributed by atoms with E-state index in [9.17, 15) is 5.11 Å². The van der Waals surface area contributed by atoms with Crippen molar-refractivity contribution in [2.45, 2.75) is 25.6 Å².